The third-order valence-electron chi connectivity index (χ3n) is 5.84. The highest BCUT2D eigenvalue weighted by Gasteiger charge is 2.46. The normalized spacial score (nSPS) is 18.2. The van der Waals surface area contributed by atoms with Gasteiger partial charge in [-0.25, -0.2) is 0 Å². The lowest BCUT2D eigenvalue weighted by molar-refractivity contribution is -0.139. The third kappa shape index (κ3) is 3.28. The van der Waals surface area contributed by atoms with Crippen molar-refractivity contribution < 1.29 is 19.4 Å². The molecule has 1 aromatic heterocycles. The first kappa shape index (κ1) is 20.7. The number of aliphatic hydroxyl groups is 1. The molecule has 0 radical (unpaired) electrons. The molecule has 0 bridgehead atoms. The molecule has 1 atom stereocenters. The van der Waals surface area contributed by atoms with Crippen LogP contribution in [0.4, 0.5) is 0 Å². The topological polar surface area (TPSA) is 71.8 Å². The number of ether oxygens (including phenoxy) is 1. The minimum absolute atomic E-state index is 0.0960. The van der Waals surface area contributed by atoms with E-state index in [0.717, 1.165) is 22.0 Å². The minimum atomic E-state index is -0.674. The molecule has 1 fully saturated rings. The van der Waals surface area contributed by atoms with E-state index in [1.807, 2.05) is 62.0 Å². The number of nitrogens with zero attached hydrogens (tertiary/aromatic N) is 2. The molecule has 6 heteroatoms. The Balaban J connectivity index is 2.01. The minimum Gasteiger partial charge on any atom is -0.507 e. The summed E-state index contributed by atoms with van der Waals surface area (Å²) in [6.07, 6.45) is 2.63. The molecular formula is C25H26N2O4. The molecule has 2 aromatic carbocycles. The quantitative estimate of drug-likeness (QED) is 0.380. The fraction of sp³-hybridized carbons (Fsp3) is 0.280. The highest BCUT2D eigenvalue weighted by Crippen LogP contribution is 2.43. The Bertz CT molecular complexity index is 1220. The maximum atomic E-state index is 13.2. The number of amides is 1. The van der Waals surface area contributed by atoms with Gasteiger partial charge in [-0.05, 0) is 31.5 Å². The first-order valence-electron chi connectivity index (χ1n) is 10.4. The molecular weight excluding hydrogens is 392 g/mol. The Morgan fingerprint density at radius 3 is 2.61 bits per heavy atom. The third-order valence-corrected chi connectivity index (χ3v) is 5.84. The van der Waals surface area contributed by atoms with Crippen molar-refractivity contribution in [2.75, 3.05) is 13.7 Å². The lowest BCUT2D eigenvalue weighted by atomic mass is 9.94. The van der Waals surface area contributed by atoms with Crippen LogP contribution >= 0.6 is 0 Å². The van der Waals surface area contributed by atoms with E-state index in [4.69, 9.17) is 4.74 Å². The summed E-state index contributed by atoms with van der Waals surface area (Å²) in [4.78, 5) is 27.7. The van der Waals surface area contributed by atoms with Crippen LogP contribution in [0.1, 0.15) is 36.1 Å². The molecule has 160 valence electrons. The van der Waals surface area contributed by atoms with Crippen LogP contribution in [0.2, 0.25) is 0 Å². The Kier molecular flexibility index (Phi) is 5.31. The second-order valence-corrected chi connectivity index (χ2v) is 7.91. The predicted octanol–water partition coefficient (Wildman–Crippen LogP) is 4.33. The van der Waals surface area contributed by atoms with Gasteiger partial charge in [0.2, 0.25) is 0 Å². The number of likely N-dealkylation sites (tertiary alicyclic amines) is 1. The summed E-state index contributed by atoms with van der Waals surface area (Å²) in [7, 11) is 3.45. The first-order chi connectivity index (χ1) is 14.9. The molecule has 2 heterocycles. The number of aliphatic hydroxyl groups excluding tert-OH is 1. The number of Topliss-reactive ketones (excluding diaryl/α,β-unsaturated/α-hetero) is 1. The first-order valence-corrected chi connectivity index (χ1v) is 10.4. The van der Waals surface area contributed by atoms with Gasteiger partial charge in [0.05, 0.1) is 24.3 Å². The molecule has 1 unspecified atom stereocenters. The second-order valence-electron chi connectivity index (χ2n) is 7.91. The zero-order valence-corrected chi connectivity index (χ0v) is 18.2. The van der Waals surface area contributed by atoms with Gasteiger partial charge in [0.1, 0.15) is 11.5 Å². The molecule has 6 nitrogen and oxygen atoms in total. The number of methoxy groups -OCH3 is 1. The van der Waals surface area contributed by atoms with Crippen LogP contribution in [0.3, 0.4) is 0 Å². The Hall–Kier alpha value is -3.54. The average molecular weight is 418 g/mol. The monoisotopic (exact) mass is 418 g/mol. The van der Waals surface area contributed by atoms with Gasteiger partial charge in [-0.3, -0.25) is 9.59 Å². The Morgan fingerprint density at radius 1 is 1.16 bits per heavy atom. The van der Waals surface area contributed by atoms with Crippen molar-refractivity contribution in [2.24, 2.45) is 7.05 Å². The Labute approximate surface area is 181 Å². The summed E-state index contributed by atoms with van der Waals surface area (Å²) < 4.78 is 7.40. The number of fused-ring (bicyclic) bond motifs is 1. The highest BCUT2D eigenvalue weighted by atomic mass is 16.5. The molecule has 0 saturated carbocycles. The smallest absolute Gasteiger partial charge is 0.295 e. The van der Waals surface area contributed by atoms with E-state index >= 15 is 0 Å². The predicted molar refractivity (Wildman–Crippen MR) is 120 cm³/mol. The molecule has 1 N–H and O–H groups in total. The number of aromatic nitrogens is 1. The van der Waals surface area contributed by atoms with Gasteiger partial charge in [0.15, 0.2) is 0 Å². The molecule has 0 spiro atoms. The average Bonchev–Trinajstić information content (AvgIpc) is 3.22. The standard InChI is InChI=1S/C25H26N2O4/c1-5-12-27-22(18-14-26(3)19-9-7-6-8-16(18)19)21(24(29)25(27)30)23(28)17-13-15(2)10-11-20(17)31-4/h6-11,13-14,22,28H,5,12H2,1-4H3/b23-21+. The lowest BCUT2D eigenvalue weighted by Gasteiger charge is -2.24. The molecule has 1 amide bonds. The fourth-order valence-electron chi connectivity index (χ4n) is 4.42. The van der Waals surface area contributed by atoms with E-state index in [0.29, 0.717) is 24.3 Å². The number of carbonyl (C=O) groups is 2. The number of carbonyl (C=O) groups excluding carboxylic acids is 2. The van der Waals surface area contributed by atoms with E-state index in [-0.39, 0.29) is 11.3 Å². The number of para-hydroxylation sites is 1. The van der Waals surface area contributed by atoms with E-state index in [9.17, 15) is 14.7 Å². The van der Waals surface area contributed by atoms with E-state index in [1.165, 1.54) is 7.11 Å². The lowest BCUT2D eigenvalue weighted by Crippen LogP contribution is -2.30. The largest absolute Gasteiger partial charge is 0.507 e. The SMILES string of the molecule is CCCN1C(=O)C(=O)/C(=C(/O)c2cc(C)ccc2OC)C1c1cn(C)c2ccccc12. The van der Waals surface area contributed by atoms with Crippen molar-refractivity contribution in [3.8, 4) is 5.75 Å². The van der Waals surface area contributed by atoms with E-state index in [2.05, 4.69) is 0 Å². The number of ketones is 1. The zero-order chi connectivity index (χ0) is 22.3. The summed E-state index contributed by atoms with van der Waals surface area (Å²) in [5, 5.41) is 12.3. The number of hydrogen-bond acceptors (Lipinski definition) is 4. The highest BCUT2D eigenvalue weighted by molar-refractivity contribution is 6.46. The van der Waals surface area contributed by atoms with Gasteiger partial charge in [-0.2, -0.15) is 0 Å². The number of aryl methyl sites for hydroxylation is 2. The summed E-state index contributed by atoms with van der Waals surface area (Å²) in [5.74, 6) is -1.03. The van der Waals surface area contributed by atoms with Crippen LogP contribution in [0, 0.1) is 6.92 Å². The van der Waals surface area contributed by atoms with Gasteiger partial charge in [-0.1, -0.05) is 36.8 Å². The Morgan fingerprint density at radius 2 is 1.90 bits per heavy atom. The number of hydrogen-bond donors (Lipinski definition) is 1. The molecule has 31 heavy (non-hydrogen) atoms. The number of benzene rings is 2. The molecule has 1 aliphatic heterocycles. The van der Waals surface area contributed by atoms with E-state index in [1.54, 1.807) is 17.0 Å². The van der Waals surface area contributed by atoms with Gasteiger partial charge >= 0.3 is 0 Å². The van der Waals surface area contributed by atoms with Crippen LogP contribution < -0.4 is 4.74 Å². The van der Waals surface area contributed by atoms with Crippen molar-refractivity contribution in [3.63, 3.8) is 0 Å². The van der Waals surface area contributed by atoms with Crippen LogP contribution in [0.15, 0.2) is 54.2 Å². The van der Waals surface area contributed by atoms with Gasteiger partial charge < -0.3 is 19.3 Å². The summed E-state index contributed by atoms with van der Waals surface area (Å²) in [5.41, 5.74) is 3.22. The molecule has 1 saturated heterocycles. The van der Waals surface area contributed by atoms with Crippen LogP contribution in [-0.2, 0) is 16.6 Å². The van der Waals surface area contributed by atoms with E-state index < -0.39 is 17.7 Å². The van der Waals surface area contributed by atoms with Crippen LogP contribution in [0.25, 0.3) is 16.7 Å². The second kappa shape index (κ2) is 7.95. The zero-order valence-electron chi connectivity index (χ0n) is 18.2. The van der Waals surface area contributed by atoms with Crippen molar-refractivity contribution in [2.45, 2.75) is 26.3 Å². The van der Waals surface area contributed by atoms with Crippen molar-refractivity contribution in [1.82, 2.24) is 9.47 Å². The van der Waals surface area contributed by atoms with Crippen molar-refractivity contribution in [3.05, 3.63) is 70.9 Å². The summed E-state index contributed by atoms with van der Waals surface area (Å²) >= 11 is 0. The molecule has 3 aromatic rings. The van der Waals surface area contributed by atoms with Gasteiger partial charge in [0.25, 0.3) is 11.7 Å². The molecule has 1 aliphatic rings. The molecule has 0 aliphatic carbocycles. The van der Waals surface area contributed by atoms with Gasteiger partial charge in [0, 0.05) is 36.3 Å². The fourth-order valence-corrected chi connectivity index (χ4v) is 4.42. The van der Waals surface area contributed by atoms with Crippen molar-refractivity contribution in [1.29, 1.82) is 0 Å². The summed E-state index contributed by atoms with van der Waals surface area (Å²) in [6, 6.07) is 12.6. The number of rotatable bonds is 5. The van der Waals surface area contributed by atoms with Gasteiger partial charge in [-0.15, -0.1) is 0 Å². The van der Waals surface area contributed by atoms with Crippen LogP contribution in [-0.4, -0.2) is 39.9 Å². The summed E-state index contributed by atoms with van der Waals surface area (Å²) in [6.45, 7) is 4.28. The van der Waals surface area contributed by atoms with Crippen LogP contribution in [0.5, 0.6) is 5.75 Å². The van der Waals surface area contributed by atoms with Crippen molar-refractivity contribution >= 4 is 28.4 Å². The maximum Gasteiger partial charge on any atom is 0.295 e. The molecule has 4 rings (SSSR count). The maximum absolute atomic E-state index is 13.2.